The lowest BCUT2D eigenvalue weighted by atomic mass is 10.2. The molecule has 1 saturated heterocycles. The van der Waals surface area contributed by atoms with E-state index in [4.69, 9.17) is 4.74 Å². The van der Waals surface area contributed by atoms with E-state index in [9.17, 15) is 4.79 Å². The number of carbonyl (C=O) groups excluding carboxylic acids is 1. The van der Waals surface area contributed by atoms with E-state index in [1.54, 1.807) is 18.1 Å². The summed E-state index contributed by atoms with van der Waals surface area (Å²) in [6.07, 6.45) is 4.03. The second-order valence-corrected chi connectivity index (χ2v) is 5.92. The molecule has 0 atom stereocenters. The fourth-order valence-electron chi connectivity index (χ4n) is 2.86. The number of hydrogen-bond donors (Lipinski definition) is 1. The maximum Gasteiger partial charge on any atom is 0.317 e. The van der Waals surface area contributed by atoms with Gasteiger partial charge >= 0.3 is 6.03 Å². The molecule has 0 spiro atoms. The van der Waals surface area contributed by atoms with Crippen molar-refractivity contribution in [3.05, 3.63) is 36.9 Å². The van der Waals surface area contributed by atoms with Gasteiger partial charge in [0, 0.05) is 45.0 Å². The summed E-state index contributed by atoms with van der Waals surface area (Å²) >= 11 is 0. The first-order chi connectivity index (χ1) is 12.3. The highest BCUT2D eigenvalue weighted by atomic mass is 16.5. The Kier molecular flexibility index (Phi) is 5.71. The summed E-state index contributed by atoms with van der Waals surface area (Å²) in [5.74, 6) is 0.854. The van der Waals surface area contributed by atoms with E-state index in [2.05, 4.69) is 32.4 Å². The summed E-state index contributed by atoms with van der Waals surface area (Å²) < 4.78 is 6.95. The molecule has 1 fully saturated rings. The lowest BCUT2D eigenvalue weighted by Gasteiger charge is -2.36. The van der Waals surface area contributed by atoms with Crippen molar-refractivity contribution in [1.82, 2.24) is 25.0 Å². The average Bonchev–Trinajstić information content (AvgIpc) is 3.19. The molecule has 1 N–H and O–H groups in total. The van der Waals surface area contributed by atoms with Crippen LogP contribution >= 0.6 is 0 Å². The highest BCUT2D eigenvalue weighted by molar-refractivity contribution is 5.74. The molecular formula is C17H24N6O2. The van der Waals surface area contributed by atoms with Gasteiger partial charge in [-0.15, -0.1) is 0 Å². The van der Waals surface area contributed by atoms with Crippen molar-refractivity contribution in [3.63, 3.8) is 0 Å². The van der Waals surface area contributed by atoms with Crippen molar-refractivity contribution in [2.24, 2.45) is 0 Å². The lowest BCUT2D eigenvalue weighted by molar-refractivity contribution is 0.194. The van der Waals surface area contributed by atoms with Gasteiger partial charge in [0.15, 0.2) is 0 Å². The zero-order chi connectivity index (χ0) is 17.5. The molecule has 25 heavy (non-hydrogen) atoms. The number of piperazine rings is 1. The van der Waals surface area contributed by atoms with E-state index >= 15 is 0 Å². The Morgan fingerprint density at radius 2 is 1.96 bits per heavy atom. The van der Waals surface area contributed by atoms with Gasteiger partial charge in [-0.05, 0) is 30.7 Å². The molecule has 0 unspecified atom stereocenters. The number of ether oxygens (including phenoxy) is 1. The number of urea groups is 1. The molecule has 1 aliphatic heterocycles. The molecule has 1 aromatic carbocycles. The average molecular weight is 344 g/mol. The van der Waals surface area contributed by atoms with Crippen LogP contribution in [0.4, 0.5) is 10.5 Å². The molecule has 0 aliphatic carbocycles. The van der Waals surface area contributed by atoms with Crippen molar-refractivity contribution in [3.8, 4) is 5.75 Å². The maximum atomic E-state index is 12.2. The molecule has 0 saturated carbocycles. The minimum atomic E-state index is 0.00738. The van der Waals surface area contributed by atoms with E-state index in [0.717, 1.165) is 50.6 Å². The normalized spacial score (nSPS) is 14.4. The zero-order valence-electron chi connectivity index (χ0n) is 14.5. The molecule has 3 rings (SSSR count). The Morgan fingerprint density at radius 3 is 2.60 bits per heavy atom. The molecule has 1 aromatic heterocycles. The highest BCUT2D eigenvalue weighted by Gasteiger charge is 2.20. The van der Waals surface area contributed by atoms with Gasteiger partial charge in [0.25, 0.3) is 0 Å². The summed E-state index contributed by atoms with van der Waals surface area (Å²) in [6, 6.07) is 8.04. The second-order valence-electron chi connectivity index (χ2n) is 5.92. The minimum Gasteiger partial charge on any atom is -0.497 e. The van der Waals surface area contributed by atoms with Crippen LogP contribution in [-0.4, -0.2) is 65.5 Å². The second kappa shape index (κ2) is 8.36. The predicted molar refractivity (Wildman–Crippen MR) is 94.8 cm³/mol. The van der Waals surface area contributed by atoms with Crippen LogP contribution in [0.2, 0.25) is 0 Å². The van der Waals surface area contributed by atoms with Gasteiger partial charge in [0.05, 0.1) is 7.11 Å². The smallest absolute Gasteiger partial charge is 0.317 e. The summed E-state index contributed by atoms with van der Waals surface area (Å²) in [4.78, 5) is 20.3. The standard InChI is InChI=1S/C17H24N6O2/c1-25-16-5-3-15(4-6-16)21-9-11-22(12-10-21)17(24)19-7-2-8-23-14-18-13-20-23/h3-6,13-14H,2,7-12H2,1H3,(H,19,24). The number of nitrogens with zero attached hydrogens (tertiary/aromatic N) is 5. The predicted octanol–water partition coefficient (Wildman–Crippen LogP) is 1.21. The van der Waals surface area contributed by atoms with Gasteiger partial charge in [-0.25, -0.2) is 9.78 Å². The van der Waals surface area contributed by atoms with E-state index in [1.165, 1.54) is 6.33 Å². The van der Waals surface area contributed by atoms with Crippen LogP contribution in [0.25, 0.3) is 0 Å². The van der Waals surface area contributed by atoms with Crippen LogP contribution in [0.15, 0.2) is 36.9 Å². The van der Waals surface area contributed by atoms with Gasteiger partial charge in [0.2, 0.25) is 0 Å². The van der Waals surface area contributed by atoms with E-state index < -0.39 is 0 Å². The molecular weight excluding hydrogens is 320 g/mol. The van der Waals surface area contributed by atoms with Crippen molar-refractivity contribution >= 4 is 11.7 Å². The Morgan fingerprint density at radius 1 is 1.20 bits per heavy atom. The van der Waals surface area contributed by atoms with Crippen LogP contribution in [0.3, 0.4) is 0 Å². The van der Waals surface area contributed by atoms with Gasteiger partial charge in [-0.3, -0.25) is 4.68 Å². The third-order valence-corrected chi connectivity index (χ3v) is 4.31. The Bertz CT molecular complexity index is 650. The van der Waals surface area contributed by atoms with Gasteiger partial charge in [-0.2, -0.15) is 5.10 Å². The maximum absolute atomic E-state index is 12.2. The van der Waals surface area contributed by atoms with Gasteiger partial charge in [0.1, 0.15) is 18.4 Å². The Labute approximate surface area is 147 Å². The lowest BCUT2D eigenvalue weighted by Crippen LogP contribution is -2.52. The fourth-order valence-corrected chi connectivity index (χ4v) is 2.86. The zero-order valence-corrected chi connectivity index (χ0v) is 14.5. The van der Waals surface area contributed by atoms with Gasteiger partial charge in [-0.1, -0.05) is 0 Å². The largest absolute Gasteiger partial charge is 0.497 e. The van der Waals surface area contributed by atoms with Crippen molar-refractivity contribution in [2.75, 3.05) is 44.7 Å². The molecule has 2 heterocycles. The Hall–Kier alpha value is -2.77. The first kappa shape index (κ1) is 17.1. The highest BCUT2D eigenvalue weighted by Crippen LogP contribution is 2.20. The van der Waals surface area contributed by atoms with Crippen LogP contribution in [0.5, 0.6) is 5.75 Å². The first-order valence-corrected chi connectivity index (χ1v) is 8.50. The number of methoxy groups -OCH3 is 1. The number of nitrogens with one attached hydrogen (secondary N) is 1. The topological polar surface area (TPSA) is 75.5 Å². The quantitative estimate of drug-likeness (QED) is 0.797. The van der Waals surface area contributed by atoms with Gasteiger partial charge < -0.3 is 19.9 Å². The molecule has 8 nitrogen and oxygen atoms in total. The molecule has 0 radical (unpaired) electrons. The minimum absolute atomic E-state index is 0.00738. The van der Waals surface area contributed by atoms with E-state index in [-0.39, 0.29) is 6.03 Å². The molecule has 2 amide bonds. The number of benzene rings is 1. The van der Waals surface area contributed by atoms with Crippen LogP contribution in [-0.2, 0) is 6.54 Å². The molecule has 134 valence electrons. The van der Waals surface area contributed by atoms with E-state index in [1.807, 2.05) is 17.0 Å². The summed E-state index contributed by atoms with van der Waals surface area (Å²) in [5.41, 5.74) is 1.16. The number of aromatic nitrogens is 3. The van der Waals surface area contributed by atoms with E-state index in [0.29, 0.717) is 6.54 Å². The molecule has 0 bridgehead atoms. The van der Waals surface area contributed by atoms with Crippen LogP contribution in [0, 0.1) is 0 Å². The monoisotopic (exact) mass is 344 g/mol. The molecule has 8 heteroatoms. The third kappa shape index (κ3) is 4.62. The number of aryl methyl sites for hydroxylation is 1. The number of carbonyl (C=O) groups is 1. The van der Waals surface area contributed by atoms with Crippen LogP contribution in [0.1, 0.15) is 6.42 Å². The SMILES string of the molecule is COc1ccc(N2CCN(C(=O)NCCCn3cncn3)CC2)cc1. The number of rotatable bonds is 6. The van der Waals surface area contributed by atoms with Crippen LogP contribution < -0.4 is 15.0 Å². The first-order valence-electron chi connectivity index (χ1n) is 8.50. The summed E-state index contributed by atoms with van der Waals surface area (Å²) in [7, 11) is 1.67. The van der Waals surface area contributed by atoms with Crippen molar-refractivity contribution in [2.45, 2.75) is 13.0 Å². The molecule has 2 aromatic rings. The van der Waals surface area contributed by atoms with Crippen molar-refractivity contribution < 1.29 is 9.53 Å². The Balaban J connectivity index is 1.38. The fraction of sp³-hybridized carbons (Fsp3) is 0.471. The summed E-state index contributed by atoms with van der Waals surface area (Å²) in [5, 5.41) is 7.01. The molecule has 1 aliphatic rings. The number of anilines is 1. The summed E-state index contributed by atoms with van der Waals surface area (Å²) in [6.45, 7) is 4.50. The third-order valence-electron chi connectivity index (χ3n) is 4.31. The van der Waals surface area contributed by atoms with Crippen molar-refractivity contribution in [1.29, 1.82) is 0 Å². The number of hydrogen-bond acceptors (Lipinski definition) is 5. The number of amides is 2.